The van der Waals surface area contributed by atoms with Gasteiger partial charge in [0.25, 0.3) is 0 Å². The molecule has 5 nitrogen and oxygen atoms in total. The second-order valence-electron chi connectivity index (χ2n) is 3.21. The number of amidine groups is 1. The molecule has 0 aromatic carbocycles. The number of nitrogens with two attached hydrogens (primary N) is 1. The van der Waals surface area contributed by atoms with E-state index in [0.29, 0.717) is 17.0 Å². The summed E-state index contributed by atoms with van der Waals surface area (Å²) >= 11 is 0. The van der Waals surface area contributed by atoms with Gasteiger partial charge < -0.3 is 5.73 Å². The second kappa shape index (κ2) is 3.20. The molecule has 0 saturated heterocycles. The predicted molar refractivity (Wildman–Crippen MR) is 58.8 cm³/mol. The van der Waals surface area contributed by atoms with E-state index in [0.717, 1.165) is 5.69 Å². The quantitative estimate of drug-likeness (QED) is 0.561. The Morgan fingerprint density at radius 1 is 1.60 bits per heavy atom. The van der Waals surface area contributed by atoms with Crippen molar-refractivity contribution < 1.29 is 0 Å². The summed E-state index contributed by atoms with van der Waals surface area (Å²) in [6.07, 6.45) is 1.57. The average Bonchev–Trinajstić information content (AvgIpc) is 2.62. The van der Waals surface area contributed by atoms with Gasteiger partial charge in [-0.25, -0.2) is 9.50 Å². The van der Waals surface area contributed by atoms with Gasteiger partial charge >= 0.3 is 0 Å². The molecule has 0 bridgehead atoms. The minimum atomic E-state index is -0.0111. The number of hydrogen-bond acceptors (Lipinski definition) is 3. The Morgan fingerprint density at radius 2 is 2.33 bits per heavy atom. The van der Waals surface area contributed by atoms with Crippen molar-refractivity contribution in [2.24, 2.45) is 5.73 Å². The van der Waals surface area contributed by atoms with Gasteiger partial charge in [0, 0.05) is 5.69 Å². The number of fused-ring (bicyclic) bond motifs is 1. The Labute approximate surface area is 86.8 Å². The number of rotatable bonds is 2. The third kappa shape index (κ3) is 1.38. The van der Waals surface area contributed by atoms with Gasteiger partial charge in [-0.05, 0) is 25.1 Å². The third-order valence-electron chi connectivity index (χ3n) is 2.16. The Bertz CT molecular complexity index is 552. The van der Waals surface area contributed by atoms with Crippen LogP contribution in [0, 0.1) is 12.3 Å². The van der Waals surface area contributed by atoms with E-state index in [1.807, 2.05) is 13.0 Å². The average molecular weight is 201 g/mol. The van der Waals surface area contributed by atoms with Crippen molar-refractivity contribution in [1.82, 2.24) is 14.6 Å². The van der Waals surface area contributed by atoms with Crippen LogP contribution >= 0.6 is 0 Å². The first kappa shape index (κ1) is 9.39. The highest BCUT2D eigenvalue weighted by Crippen LogP contribution is 2.11. The molecule has 76 valence electrons. The molecular formula is C10H11N5. The topological polar surface area (TPSA) is 80.1 Å². The summed E-state index contributed by atoms with van der Waals surface area (Å²) in [5.41, 5.74) is 7.58. The number of hydrogen-bond donors (Lipinski definition) is 2. The summed E-state index contributed by atoms with van der Waals surface area (Å²) in [7, 11) is 0. The minimum Gasteiger partial charge on any atom is -0.384 e. The molecule has 0 saturated carbocycles. The number of nitrogens with zero attached hydrogens (tertiary/aromatic N) is 3. The standard InChI is InChI=1S/C10H11N5/c1-3-8-13-10-7(9(11)12)5-4-6(2)15(10)14-8/h3-5H,1H2,2H3,(H3,11,12). The zero-order chi connectivity index (χ0) is 11.0. The van der Waals surface area contributed by atoms with Gasteiger partial charge in [0.1, 0.15) is 5.84 Å². The van der Waals surface area contributed by atoms with Gasteiger partial charge in [0.15, 0.2) is 11.5 Å². The molecule has 2 aromatic heterocycles. The van der Waals surface area contributed by atoms with Crippen molar-refractivity contribution in [3.63, 3.8) is 0 Å². The SMILES string of the molecule is C=Cc1nc2c(C(=N)N)ccc(C)n2n1. The first-order valence-electron chi connectivity index (χ1n) is 4.46. The normalized spacial score (nSPS) is 10.5. The van der Waals surface area contributed by atoms with Gasteiger partial charge in [0.05, 0.1) is 5.56 Å². The van der Waals surface area contributed by atoms with Crippen LogP contribution in [-0.2, 0) is 0 Å². The molecule has 3 N–H and O–H groups in total. The van der Waals surface area contributed by atoms with Crippen molar-refractivity contribution in [2.75, 3.05) is 0 Å². The predicted octanol–water partition coefficient (Wildman–Crippen LogP) is 0.965. The lowest BCUT2D eigenvalue weighted by Gasteiger charge is -2.02. The van der Waals surface area contributed by atoms with Crippen LogP contribution in [0.25, 0.3) is 11.7 Å². The van der Waals surface area contributed by atoms with Crippen LogP contribution in [-0.4, -0.2) is 20.4 Å². The van der Waals surface area contributed by atoms with E-state index in [2.05, 4.69) is 16.7 Å². The first-order chi connectivity index (χ1) is 7.13. The number of nitrogen functional groups attached to an aromatic ring is 1. The molecule has 2 heterocycles. The van der Waals surface area contributed by atoms with Crippen LogP contribution < -0.4 is 5.73 Å². The Hall–Kier alpha value is -2.17. The van der Waals surface area contributed by atoms with Crippen molar-refractivity contribution in [2.45, 2.75) is 6.92 Å². The molecule has 0 aliphatic carbocycles. The molecule has 2 aromatic rings. The molecule has 0 radical (unpaired) electrons. The van der Waals surface area contributed by atoms with Crippen LogP contribution in [0.5, 0.6) is 0 Å². The van der Waals surface area contributed by atoms with Gasteiger partial charge in [0.2, 0.25) is 0 Å². The number of pyridine rings is 1. The van der Waals surface area contributed by atoms with E-state index < -0.39 is 0 Å². The molecule has 15 heavy (non-hydrogen) atoms. The Morgan fingerprint density at radius 3 is 2.93 bits per heavy atom. The summed E-state index contributed by atoms with van der Waals surface area (Å²) in [5.74, 6) is 0.523. The largest absolute Gasteiger partial charge is 0.384 e. The van der Waals surface area contributed by atoms with Crippen LogP contribution in [0.3, 0.4) is 0 Å². The van der Waals surface area contributed by atoms with E-state index in [1.54, 1.807) is 16.7 Å². The zero-order valence-electron chi connectivity index (χ0n) is 8.36. The fraction of sp³-hybridized carbons (Fsp3) is 0.100. The summed E-state index contributed by atoms with van der Waals surface area (Å²) in [6.45, 7) is 5.52. The summed E-state index contributed by atoms with van der Waals surface area (Å²) in [5, 5.41) is 11.6. The van der Waals surface area contributed by atoms with Crippen molar-refractivity contribution in [3.05, 3.63) is 35.8 Å². The fourth-order valence-electron chi connectivity index (χ4n) is 1.39. The van der Waals surface area contributed by atoms with Crippen molar-refractivity contribution in [1.29, 1.82) is 5.41 Å². The smallest absolute Gasteiger partial charge is 0.174 e. The molecule has 0 aliphatic heterocycles. The lowest BCUT2D eigenvalue weighted by molar-refractivity contribution is 0.907. The number of aryl methyl sites for hydroxylation is 1. The van der Waals surface area contributed by atoms with E-state index in [4.69, 9.17) is 11.1 Å². The van der Waals surface area contributed by atoms with Gasteiger partial charge in [-0.15, -0.1) is 5.10 Å². The van der Waals surface area contributed by atoms with Crippen molar-refractivity contribution in [3.8, 4) is 0 Å². The van der Waals surface area contributed by atoms with Gasteiger partial charge in [-0.2, -0.15) is 0 Å². The highest BCUT2D eigenvalue weighted by molar-refractivity contribution is 6.00. The summed E-state index contributed by atoms with van der Waals surface area (Å²) in [4.78, 5) is 4.23. The maximum absolute atomic E-state index is 7.43. The van der Waals surface area contributed by atoms with E-state index >= 15 is 0 Å². The molecule has 0 atom stereocenters. The molecule has 0 spiro atoms. The molecule has 0 amide bonds. The summed E-state index contributed by atoms with van der Waals surface area (Å²) in [6, 6.07) is 3.62. The maximum atomic E-state index is 7.43. The van der Waals surface area contributed by atoms with Gasteiger partial charge in [-0.3, -0.25) is 5.41 Å². The number of aromatic nitrogens is 3. The second-order valence-corrected chi connectivity index (χ2v) is 3.21. The summed E-state index contributed by atoms with van der Waals surface area (Å²) < 4.78 is 1.66. The molecule has 0 unspecified atom stereocenters. The van der Waals surface area contributed by atoms with Crippen LogP contribution in [0.1, 0.15) is 17.1 Å². The number of nitrogens with one attached hydrogen (secondary N) is 1. The van der Waals surface area contributed by atoms with Crippen LogP contribution in [0.2, 0.25) is 0 Å². The molecule has 0 fully saturated rings. The molecule has 2 rings (SSSR count). The van der Waals surface area contributed by atoms with E-state index in [9.17, 15) is 0 Å². The molecular weight excluding hydrogens is 190 g/mol. The van der Waals surface area contributed by atoms with Crippen LogP contribution in [0.4, 0.5) is 0 Å². The molecule has 5 heteroatoms. The maximum Gasteiger partial charge on any atom is 0.174 e. The van der Waals surface area contributed by atoms with Crippen LogP contribution in [0.15, 0.2) is 18.7 Å². The fourth-order valence-corrected chi connectivity index (χ4v) is 1.39. The Kier molecular flexibility index (Phi) is 2.00. The van der Waals surface area contributed by atoms with E-state index in [1.165, 1.54) is 0 Å². The lowest BCUT2D eigenvalue weighted by Crippen LogP contribution is -2.13. The third-order valence-corrected chi connectivity index (χ3v) is 2.16. The first-order valence-corrected chi connectivity index (χ1v) is 4.46. The lowest BCUT2D eigenvalue weighted by atomic mass is 10.2. The highest BCUT2D eigenvalue weighted by Gasteiger charge is 2.09. The van der Waals surface area contributed by atoms with Crippen molar-refractivity contribution >= 4 is 17.6 Å². The molecule has 0 aliphatic rings. The highest BCUT2D eigenvalue weighted by atomic mass is 15.3. The minimum absolute atomic E-state index is 0.0111. The zero-order valence-corrected chi connectivity index (χ0v) is 8.36. The van der Waals surface area contributed by atoms with Gasteiger partial charge in [-0.1, -0.05) is 6.58 Å². The van der Waals surface area contributed by atoms with E-state index in [-0.39, 0.29) is 5.84 Å². The monoisotopic (exact) mass is 201 g/mol. The Balaban J connectivity index is 2.85.